The van der Waals surface area contributed by atoms with Gasteiger partial charge < -0.3 is 19.5 Å². The second-order valence-corrected chi connectivity index (χ2v) is 6.73. The van der Waals surface area contributed by atoms with Crippen LogP contribution in [0.5, 0.6) is 5.75 Å². The summed E-state index contributed by atoms with van der Waals surface area (Å²) in [6.45, 7) is 3.73. The predicted octanol–water partition coefficient (Wildman–Crippen LogP) is 2.57. The van der Waals surface area contributed by atoms with E-state index in [1.54, 1.807) is 0 Å². The fourth-order valence-electron chi connectivity index (χ4n) is 3.09. The summed E-state index contributed by atoms with van der Waals surface area (Å²) in [6, 6.07) is 7.66. The van der Waals surface area contributed by atoms with E-state index in [0.717, 1.165) is 17.9 Å². The monoisotopic (exact) mass is 335 g/mol. The Kier molecular flexibility index (Phi) is 6.63. The number of hydrogen-bond donors (Lipinski definition) is 1. The molecule has 1 aliphatic carbocycles. The highest BCUT2D eigenvalue weighted by Crippen LogP contribution is 2.40. The van der Waals surface area contributed by atoms with Crippen LogP contribution in [-0.4, -0.2) is 49.8 Å². The topological polar surface area (TPSA) is 59.0 Å². The van der Waals surface area contributed by atoms with Gasteiger partial charge in [0.15, 0.2) is 0 Å². The van der Waals surface area contributed by atoms with Crippen molar-refractivity contribution in [3.05, 3.63) is 29.8 Å². The zero-order chi connectivity index (χ0) is 17.6. The number of benzene rings is 1. The van der Waals surface area contributed by atoms with Crippen molar-refractivity contribution in [2.75, 3.05) is 33.9 Å². The van der Waals surface area contributed by atoms with Crippen molar-refractivity contribution in [3.8, 4) is 5.75 Å². The maximum Gasteiger partial charge on any atom is 0.308 e. The quantitative estimate of drug-likeness (QED) is 0.776. The molecule has 5 heteroatoms. The molecule has 1 aromatic rings. The van der Waals surface area contributed by atoms with Gasteiger partial charge in [-0.05, 0) is 64.4 Å². The van der Waals surface area contributed by atoms with Crippen LogP contribution < -0.4 is 4.74 Å². The molecule has 1 aliphatic rings. The first-order valence-electron chi connectivity index (χ1n) is 8.71. The van der Waals surface area contributed by atoms with E-state index in [4.69, 9.17) is 9.47 Å². The van der Waals surface area contributed by atoms with E-state index in [0.29, 0.717) is 38.9 Å². The standard InChI is InChI=1S/C19H29NO4/c1-4-23-18(21)15-9-11-19(22,12-10-15)16-5-7-17(8-6-16)24-14-13-20(2)3/h5-8,15,22H,4,9-14H2,1-3H3. The second-order valence-electron chi connectivity index (χ2n) is 6.73. The fourth-order valence-corrected chi connectivity index (χ4v) is 3.09. The molecular weight excluding hydrogens is 306 g/mol. The van der Waals surface area contributed by atoms with Crippen LogP contribution in [0.1, 0.15) is 38.2 Å². The minimum atomic E-state index is -0.856. The van der Waals surface area contributed by atoms with Gasteiger partial charge in [0.1, 0.15) is 12.4 Å². The lowest BCUT2D eigenvalue weighted by Crippen LogP contribution is -2.34. The third-order valence-electron chi connectivity index (χ3n) is 4.63. The van der Waals surface area contributed by atoms with Gasteiger partial charge >= 0.3 is 5.97 Å². The van der Waals surface area contributed by atoms with Crippen LogP contribution in [0.15, 0.2) is 24.3 Å². The molecule has 1 fully saturated rings. The highest BCUT2D eigenvalue weighted by Gasteiger charge is 2.37. The Balaban J connectivity index is 1.90. The minimum absolute atomic E-state index is 0.0844. The van der Waals surface area contributed by atoms with Crippen LogP contribution in [-0.2, 0) is 15.1 Å². The van der Waals surface area contributed by atoms with E-state index < -0.39 is 5.60 Å². The summed E-state index contributed by atoms with van der Waals surface area (Å²) < 4.78 is 10.8. The lowest BCUT2D eigenvalue weighted by Gasteiger charge is -2.35. The van der Waals surface area contributed by atoms with Crippen molar-refractivity contribution in [1.82, 2.24) is 4.90 Å². The highest BCUT2D eigenvalue weighted by molar-refractivity contribution is 5.72. The van der Waals surface area contributed by atoms with Crippen LogP contribution in [0.3, 0.4) is 0 Å². The van der Waals surface area contributed by atoms with Gasteiger partial charge in [-0.2, -0.15) is 0 Å². The normalized spacial score (nSPS) is 24.0. The summed E-state index contributed by atoms with van der Waals surface area (Å²) in [5.41, 5.74) is 0.0373. The Morgan fingerprint density at radius 1 is 1.25 bits per heavy atom. The first kappa shape index (κ1) is 18.7. The van der Waals surface area contributed by atoms with Gasteiger partial charge in [-0.15, -0.1) is 0 Å². The number of ether oxygens (including phenoxy) is 2. The Hall–Kier alpha value is -1.59. The molecule has 0 heterocycles. The number of carbonyl (C=O) groups is 1. The average Bonchev–Trinajstić information content (AvgIpc) is 2.56. The number of carbonyl (C=O) groups excluding carboxylic acids is 1. The molecule has 0 atom stereocenters. The molecule has 0 saturated heterocycles. The fraction of sp³-hybridized carbons (Fsp3) is 0.632. The summed E-state index contributed by atoms with van der Waals surface area (Å²) in [5, 5.41) is 10.9. The molecule has 0 amide bonds. The Labute approximate surface area is 144 Å². The lowest BCUT2D eigenvalue weighted by molar-refractivity contribution is -0.151. The molecule has 1 saturated carbocycles. The van der Waals surface area contributed by atoms with Crippen LogP contribution in [0.4, 0.5) is 0 Å². The van der Waals surface area contributed by atoms with Crippen LogP contribution in [0, 0.1) is 5.92 Å². The van der Waals surface area contributed by atoms with Crippen LogP contribution in [0.25, 0.3) is 0 Å². The predicted molar refractivity (Wildman–Crippen MR) is 93.0 cm³/mol. The lowest BCUT2D eigenvalue weighted by atomic mass is 9.75. The Morgan fingerprint density at radius 3 is 2.42 bits per heavy atom. The molecule has 24 heavy (non-hydrogen) atoms. The van der Waals surface area contributed by atoms with Gasteiger partial charge in [-0.3, -0.25) is 4.79 Å². The van der Waals surface area contributed by atoms with Gasteiger partial charge in [-0.1, -0.05) is 12.1 Å². The Morgan fingerprint density at radius 2 is 1.88 bits per heavy atom. The molecule has 5 nitrogen and oxygen atoms in total. The molecule has 0 unspecified atom stereocenters. The van der Waals surface area contributed by atoms with Gasteiger partial charge in [0.05, 0.1) is 18.1 Å². The van der Waals surface area contributed by atoms with Crippen molar-refractivity contribution in [2.24, 2.45) is 5.92 Å². The molecule has 0 bridgehead atoms. The molecular formula is C19H29NO4. The molecule has 134 valence electrons. The van der Waals surface area contributed by atoms with Crippen molar-refractivity contribution < 1.29 is 19.4 Å². The number of aliphatic hydroxyl groups is 1. The van der Waals surface area contributed by atoms with Gasteiger partial charge in [0, 0.05) is 6.54 Å². The number of hydrogen-bond acceptors (Lipinski definition) is 5. The van der Waals surface area contributed by atoms with E-state index >= 15 is 0 Å². The van der Waals surface area contributed by atoms with Crippen LogP contribution >= 0.6 is 0 Å². The van der Waals surface area contributed by atoms with E-state index in [9.17, 15) is 9.90 Å². The van der Waals surface area contributed by atoms with Crippen molar-refractivity contribution in [2.45, 2.75) is 38.2 Å². The molecule has 0 radical (unpaired) electrons. The zero-order valence-corrected chi connectivity index (χ0v) is 15.0. The summed E-state index contributed by atoms with van der Waals surface area (Å²) >= 11 is 0. The smallest absolute Gasteiger partial charge is 0.308 e. The molecule has 2 rings (SSSR count). The zero-order valence-electron chi connectivity index (χ0n) is 15.0. The third-order valence-corrected chi connectivity index (χ3v) is 4.63. The third kappa shape index (κ3) is 4.95. The summed E-state index contributed by atoms with van der Waals surface area (Å²) in [5.74, 6) is 0.590. The molecule has 1 N–H and O–H groups in total. The van der Waals surface area contributed by atoms with E-state index in [1.807, 2.05) is 45.3 Å². The summed E-state index contributed by atoms with van der Waals surface area (Å²) in [7, 11) is 4.02. The first-order chi connectivity index (χ1) is 11.4. The largest absolute Gasteiger partial charge is 0.492 e. The number of likely N-dealkylation sites (N-methyl/N-ethyl adjacent to an activating group) is 1. The second kappa shape index (κ2) is 8.49. The van der Waals surface area contributed by atoms with E-state index in [1.165, 1.54) is 0 Å². The molecule has 1 aromatic carbocycles. The molecule has 0 aromatic heterocycles. The van der Waals surface area contributed by atoms with Crippen LogP contribution in [0.2, 0.25) is 0 Å². The SMILES string of the molecule is CCOC(=O)C1CCC(O)(c2ccc(OCCN(C)C)cc2)CC1. The number of nitrogens with zero attached hydrogens (tertiary/aromatic N) is 1. The van der Waals surface area contributed by atoms with E-state index in [2.05, 4.69) is 4.90 Å². The maximum absolute atomic E-state index is 11.8. The van der Waals surface area contributed by atoms with Crippen molar-refractivity contribution >= 4 is 5.97 Å². The maximum atomic E-state index is 11.8. The van der Waals surface area contributed by atoms with Crippen molar-refractivity contribution in [1.29, 1.82) is 0 Å². The summed E-state index contributed by atoms with van der Waals surface area (Å²) in [6.07, 6.45) is 2.49. The highest BCUT2D eigenvalue weighted by atomic mass is 16.5. The Bertz CT molecular complexity index is 519. The number of rotatable bonds is 7. The van der Waals surface area contributed by atoms with E-state index in [-0.39, 0.29) is 11.9 Å². The summed E-state index contributed by atoms with van der Waals surface area (Å²) in [4.78, 5) is 13.9. The number of esters is 1. The first-order valence-corrected chi connectivity index (χ1v) is 8.71. The van der Waals surface area contributed by atoms with Gasteiger partial charge in [0.25, 0.3) is 0 Å². The van der Waals surface area contributed by atoms with Crippen molar-refractivity contribution in [3.63, 3.8) is 0 Å². The van der Waals surface area contributed by atoms with Gasteiger partial charge in [-0.25, -0.2) is 0 Å². The van der Waals surface area contributed by atoms with Gasteiger partial charge in [0.2, 0.25) is 0 Å². The average molecular weight is 335 g/mol. The minimum Gasteiger partial charge on any atom is -0.492 e. The molecule has 0 spiro atoms. The molecule has 0 aliphatic heterocycles.